The van der Waals surface area contributed by atoms with Gasteiger partial charge in [0.2, 0.25) is 0 Å². The Kier molecular flexibility index (Phi) is 4.66. The zero-order valence-corrected chi connectivity index (χ0v) is 15.6. The van der Waals surface area contributed by atoms with Crippen LogP contribution in [0.25, 0.3) is 22.7 Å². The zero-order chi connectivity index (χ0) is 20.0. The molecule has 1 aliphatic carbocycles. The number of aromatic amines is 1. The number of anilines is 1. The summed E-state index contributed by atoms with van der Waals surface area (Å²) < 4.78 is 7.23. The van der Waals surface area contributed by atoms with Gasteiger partial charge in [-0.05, 0) is 18.9 Å². The molecule has 3 aromatic rings. The minimum atomic E-state index is -1.22. The van der Waals surface area contributed by atoms with Gasteiger partial charge in [-0.1, -0.05) is 12.8 Å². The van der Waals surface area contributed by atoms with Crippen molar-refractivity contribution < 1.29 is 20.1 Å². The molecule has 4 atom stereocenters. The third-order valence-electron chi connectivity index (χ3n) is 5.64. The smallest absolute Gasteiger partial charge is 0.184 e. The van der Waals surface area contributed by atoms with Crippen LogP contribution in [0, 0.1) is 0 Å². The average Bonchev–Trinajstić information content (AvgIpc) is 3.51. The summed E-state index contributed by atoms with van der Waals surface area (Å²) in [5, 5.41) is 40.3. The lowest BCUT2D eigenvalue weighted by Gasteiger charge is -2.17. The minimum absolute atomic E-state index is 0.319. The van der Waals surface area contributed by atoms with E-state index in [0.29, 0.717) is 34.5 Å². The SMILES string of the molecule is OC[C@H]1OC(n2cnc3c(NC4CCCC4)nc(-c4cc[nH]n4)nc32)[C@H](O)[C@@H]1O. The summed E-state index contributed by atoms with van der Waals surface area (Å²) in [6.45, 7) is -0.399. The molecule has 154 valence electrons. The fourth-order valence-electron chi connectivity index (χ4n) is 4.08. The summed E-state index contributed by atoms with van der Waals surface area (Å²) in [6, 6.07) is 2.09. The number of fused-ring (bicyclic) bond motifs is 1. The summed E-state index contributed by atoms with van der Waals surface area (Å²) in [4.78, 5) is 13.7. The Morgan fingerprint density at radius 3 is 2.72 bits per heavy atom. The van der Waals surface area contributed by atoms with Crippen molar-refractivity contribution >= 4 is 17.0 Å². The highest BCUT2D eigenvalue weighted by molar-refractivity contribution is 5.85. The maximum Gasteiger partial charge on any atom is 0.184 e. The van der Waals surface area contributed by atoms with E-state index < -0.39 is 31.1 Å². The molecule has 0 bridgehead atoms. The van der Waals surface area contributed by atoms with Crippen molar-refractivity contribution in [3.63, 3.8) is 0 Å². The van der Waals surface area contributed by atoms with Crippen LogP contribution in [0.4, 0.5) is 5.82 Å². The molecular formula is C18H23N7O4. The van der Waals surface area contributed by atoms with Gasteiger partial charge in [0.05, 0.1) is 12.9 Å². The Morgan fingerprint density at radius 2 is 2.03 bits per heavy atom. The fraction of sp³-hybridized carbons (Fsp3) is 0.556. The predicted molar refractivity (Wildman–Crippen MR) is 102 cm³/mol. The number of aliphatic hydroxyl groups excluding tert-OH is 3. The first kappa shape index (κ1) is 18.4. The molecular weight excluding hydrogens is 378 g/mol. The molecule has 2 aliphatic rings. The first-order chi connectivity index (χ1) is 14.2. The second-order valence-electron chi connectivity index (χ2n) is 7.53. The maximum atomic E-state index is 10.4. The van der Waals surface area contributed by atoms with E-state index in [1.165, 1.54) is 19.2 Å². The molecule has 1 saturated heterocycles. The molecule has 0 aromatic carbocycles. The van der Waals surface area contributed by atoms with E-state index >= 15 is 0 Å². The zero-order valence-electron chi connectivity index (χ0n) is 15.6. The number of imidazole rings is 1. The van der Waals surface area contributed by atoms with Crippen molar-refractivity contribution in [1.82, 2.24) is 29.7 Å². The average molecular weight is 401 g/mol. The normalized spacial score (nSPS) is 27.8. The van der Waals surface area contributed by atoms with Crippen molar-refractivity contribution in [2.24, 2.45) is 0 Å². The Balaban J connectivity index is 1.60. The standard InChI is InChI=1S/C18H23N7O4/c26-7-11-13(27)14(28)18(29-11)25-8-19-12-16(21-9-3-1-2-4-9)22-15(23-17(12)25)10-5-6-20-24-10/h5-6,8-9,11,13-14,18,26-28H,1-4,7H2,(H,20,24)(H,21,22,23)/t11-,13-,14-,18?/m1/s1. The molecule has 11 heteroatoms. The van der Waals surface area contributed by atoms with Crippen LogP contribution in [0.1, 0.15) is 31.9 Å². The van der Waals surface area contributed by atoms with Gasteiger partial charge in [-0.3, -0.25) is 9.67 Å². The molecule has 5 N–H and O–H groups in total. The minimum Gasteiger partial charge on any atom is -0.394 e. The molecule has 0 radical (unpaired) electrons. The Labute approximate surface area is 165 Å². The number of nitrogens with one attached hydrogen (secondary N) is 2. The monoisotopic (exact) mass is 401 g/mol. The van der Waals surface area contributed by atoms with Gasteiger partial charge < -0.3 is 25.4 Å². The summed E-state index contributed by atoms with van der Waals surface area (Å²) in [7, 11) is 0. The molecule has 4 heterocycles. The highest BCUT2D eigenvalue weighted by atomic mass is 16.6. The largest absolute Gasteiger partial charge is 0.394 e. The first-order valence-electron chi connectivity index (χ1n) is 9.79. The number of ether oxygens (including phenoxy) is 1. The number of aromatic nitrogens is 6. The lowest BCUT2D eigenvalue weighted by Crippen LogP contribution is -2.33. The number of rotatable bonds is 5. The van der Waals surface area contributed by atoms with E-state index in [0.717, 1.165) is 12.8 Å². The van der Waals surface area contributed by atoms with Crippen molar-refractivity contribution in [2.75, 3.05) is 11.9 Å². The summed E-state index contributed by atoms with van der Waals surface area (Å²) in [6.07, 6.45) is 3.46. The first-order valence-corrected chi connectivity index (χ1v) is 9.79. The number of nitrogens with zero attached hydrogens (tertiary/aromatic N) is 5. The molecule has 2 fully saturated rings. The third kappa shape index (κ3) is 3.15. The lowest BCUT2D eigenvalue weighted by atomic mass is 10.1. The van der Waals surface area contributed by atoms with Gasteiger partial charge in [-0.25, -0.2) is 15.0 Å². The second-order valence-corrected chi connectivity index (χ2v) is 7.53. The van der Waals surface area contributed by atoms with Crippen molar-refractivity contribution in [3.05, 3.63) is 18.6 Å². The van der Waals surface area contributed by atoms with E-state index in [9.17, 15) is 15.3 Å². The number of hydrogen-bond acceptors (Lipinski definition) is 9. The number of hydrogen-bond donors (Lipinski definition) is 5. The predicted octanol–water partition coefficient (Wildman–Crippen LogP) is 0.182. The van der Waals surface area contributed by atoms with E-state index in [1.54, 1.807) is 16.8 Å². The molecule has 1 aliphatic heterocycles. The Hall–Kier alpha value is -2.60. The fourth-order valence-corrected chi connectivity index (χ4v) is 4.08. The van der Waals surface area contributed by atoms with Crippen LogP contribution in [-0.2, 0) is 4.74 Å². The molecule has 29 heavy (non-hydrogen) atoms. The van der Waals surface area contributed by atoms with Gasteiger partial charge in [-0.15, -0.1) is 0 Å². The van der Waals surface area contributed by atoms with Crippen molar-refractivity contribution in [1.29, 1.82) is 0 Å². The molecule has 0 amide bonds. The van der Waals surface area contributed by atoms with Gasteiger partial charge in [0, 0.05) is 12.2 Å². The Morgan fingerprint density at radius 1 is 1.21 bits per heavy atom. The summed E-state index contributed by atoms with van der Waals surface area (Å²) >= 11 is 0. The van der Waals surface area contributed by atoms with E-state index in [4.69, 9.17) is 4.74 Å². The van der Waals surface area contributed by atoms with Gasteiger partial charge in [0.1, 0.15) is 24.0 Å². The van der Waals surface area contributed by atoms with Gasteiger partial charge in [-0.2, -0.15) is 5.10 Å². The summed E-state index contributed by atoms with van der Waals surface area (Å²) in [5.41, 5.74) is 1.58. The molecule has 3 aromatic heterocycles. The van der Waals surface area contributed by atoms with Crippen LogP contribution in [0.2, 0.25) is 0 Å². The molecule has 0 spiro atoms. The van der Waals surface area contributed by atoms with Crippen LogP contribution >= 0.6 is 0 Å². The number of H-pyrrole nitrogens is 1. The van der Waals surface area contributed by atoms with Gasteiger partial charge >= 0.3 is 0 Å². The van der Waals surface area contributed by atoms with E-state index in [2.05, 4.69) is 30.5 Å². The maximum absolute atomic E-state index is 10.4. The van der Waals surface area contributed by atoms with Crippen molar-refractivity contribution in [2.45, 2.75) is 56.3 Å². The van der Waals surface area contributed by atoms with Gasteiger partial charge in [0.25, 0.3) is 0 Å². The highest BCUT2D eigenvalue weighted by Crippen LogP contribution is 2.34. The van der Waals surface area contributed by atoms with Crippen LogP contribution in [-0.4, -0.2) is 76.0 Å². The highest BCUT2D eigenvalue weighted by Gasteiger charge is 2.44. The van der Waals surface area contributed by atoms with Crippen LogP contribution in [0.5, 0.6) is 0 Å². The third-order valence-corrected chi connectivity index (χ3v) is 5.64. The molecule has 11 nitrogen and oxygen atoms in total. The second kappa shape index (κ2) is 7.34. The molecule has 1 saturated carbocycles. The lowest BCUT2D eigenvalue weighted by molar-refractivity contribution is -0.0511. The quantitative estimate of drug-likeness (QED) is 0.403. The molecule has 5 rings (SSSR count). The van der Waals surface area contributed by atoms with Gasteiger partial charge in [0.15, 0.2) is 29.0 Å². The Bertz CT molecular complexity index is 986. The number of aliphatic hydroxyl groups is 3. The van der Waals surface area contributed by atoms with Crippen LogP contribution in [0.3, 0.4) is 0 Å². The topological polar surface area (TPSA) is 154 Å². The summed E-state index contributed by atoms with van der Waals surface area (Å²) in [5.74, 6) is 1.01. The van der Waals surface area contributed by atoms with Crippen LogP contribution < -0.4 is 5.32 Å². The van der Waals surface area contributed by atoms with E-state index in [-0.39, 0.29) is 0 Å². The van der Waals surface area contributed by atoms with Crippen molar-refractivity contribution in [3.8, 4) is 11.5 Å². The molecule has 1 unspecified atom stereocenters. The van der Waals surface area contributed by atoms with E-state index in [1.807, 2.05) is 0 Å². The van der Waals surface area contributed by atoms with Crippen LogP contribution in [0.15, 0.2) is 18.6 Å².